The maximum absolute atomic E-state index is 4.47. The quantitative estimate of drug-likeness (QED) is 0.772. The van der Waals surface area contributed by atoms with Gasteiger partial charge in [0.1, 0.15) is 0 Å². The molecule has 0 amide bonds. The number of anilines is 1. The van der Waals surface area contributed by atoms with Gasteiger partial charge in [-0.2, -0.15) is 5.10 Å². The van der Waals surface area contributed by atoms with Crippen LogP contribution in [0.25, 0.3) is 10.8 Å². The van der Waals surface area contributed by atoms with Crippen LogP contribution in [0.3, 0.4) is 0 Å². The second-order valence-corrected chi connectivity index (χ2v) is 5.60. The third-order valence-corrected chi connectivity index (χ3v) is 4.16. The van der Waals surface area contributed by atoms with Crippen LogP contribution in [0.1, 0.15) is 29.9 Å². The molecule has 3 aromatic rings. The van der Waals surface area contributed by atoms with Gasteiger partial charge in [0, 0.05) is 13.1 Å². The summed E-state index contributed by atoms with van der Waals surface area (Å²) in [6.45, 7) is 6.34. The lowest BCUT2D eigenvalue weighted by Gasteiger charge is -2.18. The molecule has 2 aromatic carbocycles. The molecule has 0 saturated carbocycles. The van der Waals surface area contributed by atoms with E-state index in [1.165, 1.54) is 22.0 Å². The summed E-state index contributed by atoms with van der Waals surface area (Å²) in [5.41, 5.74) is 4.66. The summed E-state index contributed by atoms with van der Waals surface area (Å²) >= 11 is 0. The zero-order valence-electron chi connectivity index (χ0n) is 13.0. The van der Waals surface area contributed by atoms with Gasteiger partial charge < -0.3 is 5.32 Å². The zero-order valence-corrected chi connectivity index (χ0v) is 13.0. The number of fused-ring (bicyclic) bond motifs is 1. The second kappa shape index (κ2) is 5.24. The van der Waals surface area contributed by atoms with Crippen molar-refractivity contribution in [3.8, 4) is 0 Å². The number of rotatable bonds is 3. The Morgan fingerprint density at radius 2 is 1.76 bits per heavy atom. The topological polar surface area (TPSA) is 29.9 Å². The van der Waals surface area contributed by atoms with Gasteiger partial charge in [0.25, 0.3) is 0 Å². The molecule has 108 valence electrons. The summed E-state index contributed by atoms with van der Waals surface area (Å²) in [6, 6.07) is 15.2. The maximum atomic E-state index is 4.47. The molecule has 1 atom stereocenters. The molecule has 0 saturated heterocycles. The van der Waals surface area contributed by atoms with Crippen molar-refractivity contribution in [3.63, 3.8) is 0 Å². The first-order valence-electron chi connectivity index (χ1n) is 7.32. The van der Waals surface area contributed by atoms with Crippen LogP contribution < -0.4 is 5.32 Å². The van der Waals surface area contributed by atoms with Crippen molar-refractivity contribution < 1.29 is 0 Å². The maximum Gasteiger partial charge on any atom is 0.0828 e. The molecule has 3 heteroatoms. The van der Waals surface area contributed by atoms with Crippen LogP contribution in [0.5, 0.6) is 0 Å². The van der Waals surface area contributed by atoms with E-state index in [0.29, 0.717) is 0 Å². The third-order valence-electron chi connectivity index (χ3n) is 4.16. The minimum Gasteiger partial charge on any atom is -0.376 e. The van der Waals surface area contributed by atoms with Crippen molar-refractivity contribution in [2.24, 2.45) is 7.05 Å². The van der Waals surface area contributed by atoms with Gasteiger partial charge in [0.2, 0.25) is 0 Å². The van der Waals surface area contributed by atoms with E-state index < -0.39 is 0 Å². The number of benzene rings is 2. The normalized spacial score (nSPS) is 12.6. The molecule has 1 unspecified atom stereocenters. The first kappa shape index (κ1) is 13.7. The lowest BCUT2D eigenvalue weighted by molar-refractivity contribution is 0.731. The number of nitrogens with one attached hydrogen (secondary N) is 1. The predicted molar refractivity (Wildman–Crippen MR) is 88.7 cm³/mol. The van der Waals surface area contributed by atoms with Crippen molar-refractivity contribution in [1.82, 2.24) is 9.78 Å². The highest BCUT2D eigenvalue weighted by atomic mass is 15.3. The van der Waals surface area contributed by atoms with E-state index in [9.17, 15) is 0 Å². The molecule has 0 bridgehead atoms. The average Bonchev–Trinajstić information content (AvgIpc) is 2.73. The molecule has 0 radical (unpaired) electrons. The molecule has 3 nitrogen and oxygen atoms in total. The van der Waals surface area contributed by atoms with Crippen LogP contribution in [-0.4, -0.2) is 9.78 Å². The molecule has 21 heavy (non-hydrogen) atoms. The largest absolute Gasteiger partial charge is 0.376 e. The molecule has 3 rings (SSSR count). The lowest BCUT2D eigenvalue weighted by Crippen LogP contribution is -2.08. The summed E-state index contributed by atoms with van der Waals surface area (Å²) in [6.07, 6.45) is 0. The first-order chi connectivity index (χ1) is 10.1. The number of aromatic nitrogens is 2. The Hall–Kier alpha value is -2.29. The Morgan fingerprint density at radius 1 is 1.05 bits per heavy atom. The van der Waals surface area contributed by atoms with Crippen molar-refractivity contribution >= 4 is 16.5 Å². The number of nitrogens with zero attached hydrogens (tertiary/aromatic N) is 2. The fourth-order valence-corrected chi connectivity index (χ4v) is 2.90. The van der Waals surface area contributed by atoms with Gasteiger partial charge in [-0.1, -0.05) is 42.5 Å². The van der Waals surface area contributed by atoms with Crippen LogP contribution in [0, 0.1) is 13.8 Å². The second-order valence-electron chi connectivity index (χ2n) is 5.60. The number of hydrogen-bond acceptors (Lipinski definition) is 2. The van der Waals surface area contributed by atoms with Crippen molar-refractivity contribution in [2.75, 3.05) is 5.32 Å². The van der Waals surface area contributed by atoms with Gasteiger partial charge in [-0.05, 0) is 37.1 Å². The monoisotopic (exact) mass is 279 g/mol. The van der Waals surface area contributed by atoms with E-state index in [-0.39, 0.29) is 6.04 Å². The highest BCUT2D eigenvalue weighted by Gasteiger charge is 2.14. The smallest absolute Gasteiger partial charge is 0.0828 e. The fourth-order valence-electron chi connectivity index (χ4n) is 2.90. The highest BCUT2D eigenvalue weighted by Crippen LogP contribution is 2.29. The average molecular weight is 279 g/mol. The van der Waals surface area contributed by atoms with Crippen LogP contribution in [0.2, 0.25) is 0 Å². The summed E-state index contributed by atoms with van der Waals surface area (Å²) in [5.74, 6) is 0. The number of aryl methyl sites for hydroxylation is 2. The molecule has 0 spiro atoms. The Labute approximate surface area is 125 Å². The first-order valence-corrected chi connectivity index (χ1v) is 7.32. The van der Waals surface area contributed by atoms with Crippen molar-refractivity contribution in [1.29, 1.82) is 0 Å². The van der Waals surface area contributed by atoms with Gasteiger partial charge in [-0.3, -0.25) is 4.68 Å². The van der Waals surface area contributed by atoms with Gasteiger partial charge in [0.05, 0.1) is 17.1 Å². The molecular formula is C18H21N3. The molecule has 1 aromatic heterocycles. The third kappa shape index (κ3) is 2.40. The summed E-state index contributed by atoms with van der Waals surface area (Å²) in [4.78, 5) is 0. The Bertz CT molecular complexity index is 781. The summed E-state index contributed by atoms with van der Waals surface area (Å²) < 4.78 is 1.92. The SMILES string of the molecule is Cc1nn(C)c(C)c1NC(C)c1cccc2ccccc12. The minimum atomic E-state index is 0.234. The molecule has 1 N–H and O–H groups in total. The minimum absolute atomic E-state index is 0.234. The van der Waals surface area contributed by atoms with E-state index >= 15 is 0 Å². The summed E-state index contributed by atoms with van der Waals surface area (Å²) in [7, 11) is 1.98. The molecule has 0 fully saturated rings. The Kier molecular flexibility index (Phi) is 3.42. The van der Waals surface area contributed by atoms with E-state index in [4.69, 9.17) is 0 Å². The van der Waals surface area contributed by atoms with Gasteiger partial charge >= 0.3 is 0 Å². The van der Waals surface area contributed by atoms with Gasteiger partial charge in [-0.15, -0.1) is 0 Å². The standard InChI is InChI=1S/C18H21N3/c1-12(19-18-13(2)20-21(4)14(18)3)16-11-7-9-15-8-5-6-10-17(15)16/h5-12,19H,1-4H3. The highest BCUT2D eigenvalue weighted by molar-refractivity contribution is 5.86. The Morgan fingerprint density at radius 3 is 2.48 bits per heavy atom. The summed E-state index contributed by atoms with van der Waals surface area (Å²) in [5, 5.41) is 10.7. The fraction of sp³-hybridized carbons (Fsp3) is 0.278. The van der Waals surface area contributed by atoms with E-state index in [2.05, 4.69) is 66.7 Å². The molecular weight excluding hydrogens is 258 g/mol. The van der Waals surface area contributed by atoms with Crippen molar-refractivity contribution in [3.05, 3.63) is 59.4 Å². The predicted octanol–water partition coefficient (Wildman–Crippen LogP) is 4.36. The van der Waals surface area contributed by atoms with E-state index in [1.807, 2.05) is 18.7 Å². The van der Waals surface area contributed by atoms with Crippen LogP contribution in [0.15, 0.2) is 42.5 Å². The molecule has 0 aliphatic heterocycles. The molecule has 1 heterocycles. The van der Waals surface area contributed by atoms with Crippen LogP contribution in [0.4, 0.5) is 5.69 Å². The number of hydrogen-bond donors (Lipinski definition) is 1. The lowest BCUT2D eigenvalue weighted by atomic mass is 9.99. The van der Waals surface area contributed by atoms with Gasteiger partial charge in [-0.25, -0.2) is 0 Å². The van der Waals surface area contributed by atoms with Gasteiger partial charge in [0.15, 0.2) is 0 Å². The molecule has 0 aliphatic carbocycles. The molecule has 0 aliphatic rings. The zero-order chi connectivity index (χ0) is 15.0. The van der Waals surface area contributed by atoms with Crippen molar-refractivity contribution in [2.45, 2.75) is 26.8 Å². The van der Waals surface area contributed by atoms with E-state index in [0.717, 1.165) is 11.4 Å². The Balaban J connectivity index is 1.99. The van der Waals surface area contributed by atoms with Crippen LogP contribution in [-0.2, 0) is 7.05 Å². The van der Waals surface area contributed by atoms with E-state index in [1.54, 1.807) is 0 Å². The van der Waals surface area contributed by atoms with Crippen LogP contribution >= 0.6 is 0 Å².